The Balaban J connectivity index is 2.07. The van der Waals surface area contributed by atoms with E-state index in [0.717, 1.165) is 0 Å². The Morgan fingerprint density at radius 2 is 1.59 bits per heavy atom. The van der Waals surface area contributed by atoms with Crippen LogP contribution in [0.15, 0.2) is 18.3 Å². The van der Waals surface area contributed by atoms with Crippen LogP contribution in [0.3, 0.4) is 0 Å². The zero-order valence-corrected chi connectivity index (χ0v) is 11.8. The van der Waals surface area contributed by atoms with Gasteiger partial charge < -0.3 is 4.57 Å². The third-order valence-electron chi connectivity index (χ3n) is 3.43. The van der Waals surface area contributed by atoms with E-state index < -0.39 is 0 Å². The van der Waals surface area contributed by atoms with Crippen LogP contribution in [0.5, 0.6) is 0 Å². The lowest BCUT2D eigenvalue weighted by Gasteiger charge is -2.08. The van der Waals surface area contributed by atoms with Crippen LogP contribution in [0.2, 0.25) is 0 Å². The molecule has 0 aliphatic rings. The Labute approximate surface area is 107 Å². The maximum absolute atomic E-state index is 2.44. The highest BCUT2D eigenvalue weighted by atomic mass is 15.0. The normalized spacial score (nSPS) is 10.9. The summed E-state index contributed by atoms with van der Waals surface area (Å²) in [5.41, 5.74) is 1.51. The maximum Gasteiger partial charge on any atom is 0.0222 e. The molecular weight excluding hydrogens is 206 g/mol. The molecule has 0 atom stereocenters. The van der Waals surface area contributed by atoms with Gasteiger partial charge in [-0.2, -0.15) is 0 Å². The minimum absolute atomic E-state index is 1.22. The fraction of sp³-hybridized carbons (Fsp3) is 0.750. The van der Waals surface area contributed by atoms with E-state index in [0.29, 0.717) is 0 Å². The average Bonchev–Trinajstić information content (AvgIpc) is 2.76. The van der Waals surface area contributed by atoms with E-state index in [1.54, 1.807) is 0 Å². The molecular formula is C16H29N. The van der Waals surface area contributed by atoms with Gasteiger partial charge in [-0.25, -0.2) is 0 Å². The van der Waals surface area contributed by atoms with E-state index in [9.17, 15) is 0 Å². The van der Waals surface area contributed by atoms with Crippen LogP contribution in [-0.4, -0.2) is 4.57 Å². The Kier molecular flexibility index (Phi) is 7.87. The van der Waals surface area contributed by atoms with Crippen molar-refractivity contribution in [2.45, 2.75) is 78.2 Å². The highest BCUT2D eigenvalue weighted by molar-refractivity contribution is 5.07. The number of nitrogens with zero attached hydrogens (tertiary/aromatic N) is 1. The standard InChI is InChI=1S/C16H29N/c1-3-5-6-7-8-9-10-14-17-15-11-13-16(17)12-4-2/h11,13,15H,3-10,12,14H2,1-2H3. The van der Waals surface area contributed by atoms with Crippen LogP contribution in [0.1, 0.15) is 70.9 Å². The lowest BCUT2D eigenvalue weighted by molar-refractivity contribution is 0.541. The summed E-state index contributed by atoms with van der Waals surface area (Å²) in [5.74, 6) is 0. The molecule has 98 valence electrons. The topological polar surface area (TPSA) is 4.93 Å². The van der Waals surface area contributed by atoms with E-state index in [4.69, 9.17) is 0 Å². The highest BCUT2D eigenvalue weighted by Crippen LogP contribution is 2.10. The largest absolute Gasteiger partial charge is 0.351 e. The van der Waals surface area contributed by atoms with Gasteiger partial charge in [0.15, 0.2) is 0 Å². The molecule has 0 bridgehead atoms. The first-order valence-corrected chi connectivity index (χ1v) is 7.52. The highest BCUT2D eigenvalue weighted by Gasteiger charge is 1.99. The van der Waals surface area contributed by atoms with Crippen molar-refractivity contribution in [3.63, 3.8) is 0 Å². The molecule has 0 radical (unpaired) electrons. The molecule has 0 unspecified atom stereocenters. The molecule has 0 N–H and O–H groups in total. The SMILES string of the molecule is CCCCCCCCCn1cccc1CCC. The van der Waals surface area contributed by atoms with Gasteiger partial charge in [0, 0.05) is 18.4 Å². The van der Waals surface area contributed by atoms with Crippen LogP contribution >= 0.6 is 0 Å². The van der Waals surface area contributed by atoms with Crippen molar-refractivity contribution in [3.05, 3.63) is 24.0 Å². The molecule has 0 amide bonds. The van der Waals surface area contributed by atoms with Crippen molar-refractivity contribution in [3.8, 4) is 0 Å². The van der Waals surface area contributed by atoms with Gasteiger partial charge in [0.25, 0.3) is 0 Å². The van der Waals surface area contributed by atoms with Gasteiger partial charge in [-0.05, 0) is 25.0 Å². The van der Waals surface area contributed by atoms with Crippen molar-refractivity contribution in [2.24, 2.45) is 0 Å². The summed E-state index contributed by atoms with van der Waals surface area (Å²) >= 11 is 0. The summed E-state index contributed by atoms with van der Waals surface area (Å²) in [6, 6.07) is 4.46. The zero-order valence-electron chi connectivity index (χ0n) is 11.8. The summed E-state index contributed by atoms with van der Waals surface area (Å²) in [6.07, 6.45) is 14.5. The summed E-state index contributed by atoms with van der Waals surface area (Å²) in [6.45, 7) is 5.75. The van der Waals surface area contributed by atoms with Crippen molar-refractivity contribution >= 4 is 0 Å². The predicted molar refractivity (Wildman–Crippen MR) is 76.4 cm³/mol. The summed E-state index contributed by atoms with van der Waals surface area (Å²) in [7, 11) is 0. The monoisotopic (exact) mass is 235 g/mol. The quantitative estimate of drug-likeness (QED) is 0.492. The van der Waals surface area contributed by atoms with Crippen LogP contribution in [0, 0.1) is 0 Å². The van der Waals surface area contributed by atoms with Crippen LogP contribution < -0.4 is 0 Å². The van der Waals surface area contributed by atoms with Gasteiger partial charge >= 0.3 is 0 Å². The number of rotatable bonds is 10. The zero-order chi connectivity index (χ0) is 12.3. The van der Waals surface area contributed by atoms with Gasteiger partial charge in [-0.1, -0.05) is 58.8 Å². The molecule has 0 aromatic carbocycles. The fourth-order valence-corrected chi connectivity index (χ4v) is 2.39. The fourth-order valence-electron chi connectivity index (χ4n) is 2.39. The minimum Gasteiger partial charge on any atom is -0.351 e. The van der Waals surface area contributed by atoms with Crippen molar-refractivity contribution in [1.29, 1.82) is 0 Å². The van der Waals surface area contributed by atoms with Crippen molar-refractivity contribution < 1.29 is 0 Å². The van der Waals surface area contributed by atoms with E-state index in [1.165, 1.54) is 70.0 Å². The molecule has 0 saturated carbocycles. The van der Waals surface area contributed by atoms with Crippen LogP contribution in [0.25, 0.3) is 0 Å². The Morgan fingerprint density at radius 3 is 2.29 bits per heavy atom. The third-order valence-corrected chi connectivity index (χ3v) is 3.43. The summed E-state index contributed by atoms with van der Waals surface area (Å²) in [5, 5.41) is 0. The van der Waals surface area contributed by atoms with Crippen molar-refractivity contribution in [1.82, 2.24) is 4.57 Å². The molecule has 1 heterocycles. The lowest BCUT2D eigenvalue weighted by Crippen LogP contribution is -2.01. The van der Waals surface area contributed by atoms with Crippen LogP contribution in [0.4, 0.5) is 0 Å². The van der Waals surface area contributed by atoms with E-state index in [2.05, 4.69) is 36.7 Å². The summed E-state index contributed by atoms with van der Waals surface area (Å²) in [4.78, 5) is 0. The Morgan fingerprint density at radius 1 is 0.882 bits per heavy atom. The van der Waals surface area contributed by atoms with E-state index in [1.807, 2.05) is 0 Å². The van der Waals surface area contributed by atoms with Gasteiger partial charge in [-0.3, -0.25) is 0 Å². The van der Waals surface area contributed by atoms with Gasteiger partial charge in [-0.15, -0.1) is 0 Å². The molecule has 1 heteroatoms. The lowest BCUT2D eigenvalue weighted by atomic mass is 10.1. The van der Waals surface area contributed by atoms with E-state index in [-0.39, 0.29) is 0 Å². The second-order valence-corrected chi connectivity index (χ2v) is 5.06. The second-order valence-electron chi connectivity index (χ2n) is 5.06. The molecule has 1 aromatic rings. The van der Waals surface area contributed by atoms with Crippen LogP contribution in [-0.2, 0) is 13.0 Å². The summed E-state index contributed by atoms with van der Waals surface area (Å²) < 4.78 is 2.44. The minimum atomic E-state index is 1.22. The second kappa shape index (κ2) is 9.32. The Hall–Kier alpha value is -0.720. The smallest absolute Gasteiger partial charge is 0.0222 e. The molecule has 0 saturated heterocycles. The third kappa shape index (κ3) is 5.95. The van der Waals surface area contributed by atoms with Gasteiger partial charge in [0.1, 0.15) is 0 Å². The van der Waals surface area contributed by atoms with Crippen molar-refractivity contribution in [2.75, 3.05) is 0 Å². The average molecular weight is 235 g/mol. The molecule has 0 aliphatic carbocycles. The predicted octanol–water partition coefficient (Wildman–Crippen LogP) is 5.19. The first kappa shape index (κ1) is 14.3. The van der Waals surface area contributed by atoms with Gasteiger partial charge in [0.2, 0.25) is 0 Å². The number of hydrogen-bond donors (Lipinski definition) is 0. The maximum atomic E-state index is 2.44. The molecule has 0 spiro atoms. The Bertz CT molecular complexity index is 275. The molecule has 0 aliphatic heterocycles. The van der Waals surface area contributed by atoms with E-state index >= 15 is 0 Å². The first-order chi connectivity index (χ1) is 8.38. The van der Waals surface area contributed by atoms with Gasteiger partial charge in [0.05, 0.1) is 0 Å². The molecule has 1 aromatic heterocycles. The number of hydrogen-bond acceptors (Lipinski definition) is 0. The number of aryl methyl sites for hydroxylation is 2. The molecule has 0 fully saturated rings. The molecule has 1 rings (SSSR count). The molecule has 1 nitrogen and oxygen atoms in total. The first-order valence-electron chi connectivity index (χ1n) is 7.52. The number of aromatic nitrogens is 1. The molecule has 17 heavy (non-hydrogen) atoms. The number of unbranched alkanes of at least 4 members (excludes halogenated alkanes) is 6.